The van der Waals surface area contributed by atoms with Crippen molar-refractivity contribution >= 4 is 0 Å². The van der Waals surface area contributed by atoms with E-state index in [2.05, 4.69) is 22.3 Å². The van der Waals surface area contributed by atoms with Crippen LogP contribution >= 0.6 is 0 Å². The number of tetrazole rings is 1. The van der Waals surface area contributed by atoms with Crippen molar-refractivity contribution in [2.24, 2.45) is 0 Å². The first-order chi connectivity index (χ1) is 8.83. The van der Waals surface area contributed by atoms with Gasteiger partial charge in [-0.2, -0.15) is 0 Å². The molecule has 0 fully saturated rings. The van der Waals surface area contributed by atoms with Crippen molar-refractivity contribution in [3.63, 3.8) is 0 Å². The van der Waals surface area contributed by atoms with Gasteiger partial charge < -0.3 is 0 Å². The molecule has 0 unspecified atom stereocenters. The number of H-pyrrole nitrogens is 1. The zero-order valence-corrected chi connectivity index (χ0v) is 10.0. The number of aromatic amines is 1. The minimum atomic E-state index is 0.691. The molecule has 1 heterocycles. The predicted molar refractivity (Wildman–Crippen MR) is 68.1 cm³/mol. The van der Waals surface area contributed by atoms with Crippen LogP contribution in [0, 0.1) is 6.92 Å². The molecule has 4 nitrogen and oxygen atoms in total. The van der Waals surface area contributed by atoms with Crippen molar-refractivity contribution in [2.75, 3.05) is 0 Å². The molecular weight excluding hydrogens is 224 g/mol. The fourth-order valence-corrected chi connectivity index (χ4v) is 1.75. The van der Waals surface area contributed by atoms with Crippen molar-refractivity contribution in [2.45, 2.75) is 6.92 Å². The van der Waals surface area contributed by atoms with Crippen LogP contribution in [0.3, 0.4) is 0 Å². The van der Waals surface area contributed by atoms with E-state index in [9.17, 15) is 0 Å². The fourth-order valence-electron chi connectivity index (χ4n) is 1.75. The van der Waals surface area contributed by atoms with E-state index in [-0.39, 0.29) is 0 Å². The summed E-state index contributed by atoms with van der Waals surface area (Å²) in [6.45, 7) is 2.06. The summed E-state index contributed by atoms with van der Waals surface area (Å²) in [7, 11) is 0. The largest absolute Gasteiger partial charge is 0.339 e. The van der Waals surface area contributed by atoms with Gasteiger partial charge in [0.1, 0.15) is 0 Å². The summed E-state index contributed by atoms with van der Waals surface area (Å²) in [4.78, 5) is 1.67. The third-order valence-electron chi connectivity index (χ3n) is 2.76. The lowest BCUT2D eigenvalue weighted by Gasteiger charge is -1.92. The van der Waals surface area contributed by atoms with Gasteiger partial charge in [-0.3, -0.25) is 0 Å². The van der Waals surface area contributed by atoms with Crippen LogP contribution in [0.15, 0.2) is 54.6 Å². The van der Waals surface area contributed by atoms with Crippen molar-refractivity contribution in [1.82, 2.24) is 15.4 Å². The second-order valence-electron chi connectivity index (χ2n) is 4.15. The van der Waals surface area contributed by atoms with Gasteiger partial charge in [0.2, 0.25) is 0 Å². The van der Waals surface area contributed by atoms with E-state index < -0.39 is 0 Å². The summed E-state index contributed by atoms with van der Waals surface area (Å²) >= 11 is 0. The first kappa shape index (κ1) is 10.7. The molecule has 4 heteroatoms. The van der Waals surface area contributed by atoms with E-state index in [1.54, 1.807) is 4.80 Å². The lowest BCUT2D eigenvalue weighted by molar-refractivity contribution is -0.716. The highest BCUT2D eigenvalue weighted by atomic mass is 15.6. The topological polar surface area (TPSA) is 45.5 Å². The Balaban J connectivity index is 1.97. The van der Waals surface area contributed by atoms with E-state index in [4.69, 9.17) is 0 Å². The van der Waals surface area contributed by atoms with E-state index in [1.807, 2.05) is 54.6 Å². The Kier molecular flexibility index (Phi) is 2.61. The maximum Gasteiger partial charge on any atom is 0.339 e. The molecule has 3 aromatic rings. The van der Waals surface area contributed by atoms with Crippen LogP contribution in [0.2, 0.25) is 0 Å². The summed E-state index contributed by atoms with van der Waals surface area (Å²) < 4.78 is 0. The molecule has 0 amide bonds. The quantitative estimate of drug-likeness (QED) is 0.693. The molecule has 0 aliphatic heterocycles. The number of nitrogens with zero attached hydrogens (tertiary/aromatic N) is 3. The van der Waals surface area contributed by atoms with E-state index in [1.165, 1.54) is 5.56 Å². The standard InChI is InChI=1S/C14H12N4/c1-11-7-9-13(10-8-11)18-16-14(15-17-18)12-5-3-2-4-6-12/h2-10H,1H3/p+1. The monoisotopic (exact) mass is 237 g/mol. The number of aromatic nitrogens is 4. The summed E-state index contributed by atoms with van der Waals surface area (Å²) in [6.07, 6.45) is 0. The molecule has 18 heavy (non-hydrogen) atoms. The molecule has 0 spiro atoms. The van der Waals surface area contributed by atoms with Gasteiger partial charge in [0.25, 0.3) is 0 Å². The zero-order chi connectivity index (χ0) is 12.4. The molecule has 0 saturated carbocycles. The lowest BCUT2D eigenvalue weighted by atomic mass is 10.2. The second-order valence-corrected chi connectivity index (χ2v) is 4.15. The Morgan fingerprint density at radius 3 is 2.39 bits per heavy atom. The first-order valence-corrected chi connectivity index (χ1v) is 5.80. The average molecular weight is 237 g/mol. The molecule has 0 radical (unpaired) electrons. The summed E-state index contributed by atoms with van der Waals surface area (Å²) in [5, 5.41) is 11.5. The Labute approximate surface area is 105 Å². The Bertz CT molecular complexity index is 641. The van der Waals surface area contributed by atoms with Crippen LogP contribution in [0.5, 0.6) is 0 Å². The maximum absolute atomic E-state index is 4.43. The van der Waals surface area contributed by atoms with Crippen molar-refractivity contribution < 1.29 is 4.80 Å². The van der Waals surface area contributed by atoms with Gasteiger partial charge in [-0.1, -0.05) is 35.9 Å². The smallest absolute Gasteiger partial charge is 0.0622 e. The number of nitrogens with one attached hydrogen (secondary N) is 1. The number of hydrogen-bond donors (Lipinski definition) is 1. The molecule has 88 valence electrons. The lowest BCUT2D eigenvalue weighted by Crippen LogP contribution is -2.36. The summed E-state index contributed by atoms with van der Waals surface area (Å²) in [5.74, 6) is 0.691. The first-order valence-electron chi connectivity index (χ1n) is 5.80. The highest BCUT2D eigenvalue weighted by molar-refractivity contribution is 5.52. The van der Waals surface area contributed by atoms with E-state index >= 15 is 0 Å². The van der Waals surface area contributed by atoms with Crippen LogP contribution in [0.4, 0.5) is 0 Å². The molecule has 1 N–H and O–H groups in total. The van der Waals surface area contributed by atoms with Gasteiger partial charge in [0.15, 0.2) is 5.69 Å². The third kappa shape index (κ3) is 2.00. The van der Waals surface area contributed by atoms with Gasteiger partial charge >= 0.3 is 5.82 Å². The maximum atomic E-state index is 4.43. The predicted octanol–water partition coefficient (Wildman–Crippen LogP) is 2.06. The zero-order valence-electron chi connectivity index (χ0n) is 10.0. The minimum Gasteiger partial charge on any atom is -0.0622 e. The fraction of sp³-hybridized carbons (Fsp3) is 0.0714. The Morgan fingerprint density at radius 1 is 0.944 bits per heavy atom. The molecule has 0 aliphatic carbocycles. The molecule has 3 rings (SSSR count). The number of aryl methyl sites for hydroxylation is 1. The molecule has 0 saturated heterocycles. The molecule has 0 aliphatic rings. The normalized spacial score (nSPS) is 10.5. The summed E-state index contributed by atoms with van der Waals surface area (Å²) in [6, 6.07) is 18.0. The Hall–Kier alpha value is -2.49. The van der Waals surface area contributed by atoms with Crippen LogP contribution in [0.25, 0.3) is 17.1 Å². The minimum absolute atomic E-state index is 0.691. The Morgan fingerprint density at radius 2 is 1.67 bits per heavy atom. The average Bonchev–Trinajstić information content (AvgIpc) is 2.90. The van der Waals surface area contributed by atoms with Crippen LogP contribution in [0.1, 0.15) is 5.56 Å². The molecule has 1 aromatic heterocycles. The van der Waals surface area contributed by atoms with Crippen LogP contribution in [-0.2, 0) is 0 Å². The third-order valence-corrected chi connectivity index (χ3v) is 2.76. The highest BCUT2D eigenvalue weighted by Crippen LogP contribution is 2.11. The highest BCUT2D eigenvalue weighted by Gasteiger charge is 2.14. The number of rotatable bonds is 2. The van der Waals surface area contributed by atoms with Crippen LogP contribution < -0.4 is 4.80 Å². The van der Waals surface area contributed by atoms with E-state index in [0.717, 1.165) is 11.3 Å². The van der Waals surface area contributed by atoms with Crippen molar-refractivity contribution in [1.29, 1.82) is 0 Å². The van der Waals surface area contributed by atoms with Crippen molar-refractivity contribution in [3.05, 3.63) is 60.2 Å². The van der Waals surface area contributed by atoms with Crippen molar-refractivity contribution in [3.8, 4) is 17.1 Å². The van der Waals surface area contributed by atoms with Gasteiger partial charge in [-0.25, -0.2) is 0 Å². The SMILES string of the molecule is Cc1ccc(-[n+]2nc(-c3ccccc3)n[nH]2)cc1. The molecule has 0 bridgehead atoms. The molecule has 0 atom stereocenters. The number of benzene rings is 2. The van der Waals surface area contributed by atoms with E-state index in [0.29, 0.717) is 5.82 Å². The van der Waals surface area contributed by atoms with Gasteiger partial charge in [-0.05, 0) is 46.3 Å². The summed E-state index contributed by atoms with van der Waals surface area (Å²) in [5.41, 5.74) is 3.19. The molecular formula is C14H13N4+. The number of hydrogen-bond acceptors (Lipinski definition) is 2. The van der Waals surface area contributed by atoms with Gasteiger partial charge in [-0.15, -0.1) is 0 Å². The van der Waals surface area contributed by atoms with Gasteiger partial charge in [0, 0.05) is 0 Å². The van der Waals surface area contributed by atoms with Gasteiger partial charge in [0.05, 0.1) is 10.7 Å². The second kappa shape index (κ2) is 4.41. The van der Waals surface area contributed by atoms with Crippen LogP contribution in [-0.4, -0.2) is 15.4 Å². The molecule has 2 aromatic carbocycles.